The molecule has 0 aliphatic carbocycles. The molecule has 6 aromatic rings. The number of allylic oxidation sites excluding steroid dienone is 1. The summed E-state index contributed by atoms with van der Waals surface area (Å²) >= 11 is 12.3. The third-order valence-electron chi connectivity index (χ3n) is 10.4. The summed E-state index contributed by atoms with van der Waals surface area (Å²) < 4.78 is 215. The normalized spacial score (nSPS) is 13.5. The number of azo groups is 2. The maximum Gasteiger partial charge on any atom is 0.296 e. The van der Waals surface area contributed by atoms with Crippen molar-refractivity contribution in [3.05, 3.63) is 83.9 Å². The zero-order chi connectivity index (χ0) is 63.2. The number of fused-ring (bicyclic) bond motifs is 1. The van der Waals surface area contributed by atoms with Crippen LogP contribution in [0, 0.1) is 0 Å². The molecule has 43 heteroatoms. The molecule has 0 radical (unpaired) electrons. The predicted octanol–water partition coefficient (Wildman–Crippen LogP) is 6.23. The number of aliphatic hydroxyl groups excluding tert-OH is 1. The van der Waals surface area contributed by atoms with Gasteiger partial charge in [-0.1, -0.05) is 18.5 Å². The summed E-state index contributed by atoms with van der Waals surface area (Å²) in [5, 5.41) is 43.9. The first-order valence-corrected chi connectivity index (χ1v) is 32.2. The van der Waals surface area contributed by atoms with Crippen LogP contribution in [0.15, 0.2) is 138 Å². The Morgan fingerprint density at radius 3 is 1.72 bits per heavy atom. The summed E-state index contributed by atoms with van der Waals surface area (Å²) in [6.45, 7) is 3.12. The smallest absolute Gasteiger partial charge is 0.296 e. The van der Waals surface area contributed by atoms with E-state index in [1.165, 1.54) is 19.1 Å². The molecule has 85 heavy (non-hydrogen) atoms. The van der Waals surface area contributed by atoms with Crippen molar-refractivity contribution in [3.8, 4) is 5.75 Å². The van der Waals surface area contributed by atoms with Crippen LogP contribution in [0.2, 0.25) is 5.28 Å². The van der Waals surface area contributed by atoms with E-state index in [-0.39, 0.29) is 84.0 Å². The Hall–Kier alpha value is -7.59. The Labute approximate surface area is 491 Å². The molecule has 456 valence electrons. The molecule has 0 spiro atoms. The highest BCUT2D eigenvalue weighted by Gasteiger charge is 2.30. The number of benzene rings is 5. The van der Waals surface area contributed by atoms with E-state index in [9.17, 15) is 82.9 Å². The van der Waals surface area contributed by atoms with Gasteiger partial charge in [0.2, 0.25) is 23.1 Å². The van der Waals surface area contributed by atoms with E-state index in [2.05, 4.69) is 66.7 Å². The number of nitrogens with two attached hydrogens (primary N) is 1. The number of hydrogen-bond acceptors (Lipinski definition) is 27. The van der Waals surface area contributed by atoms with Gasteiger partial charge in [0.05, 0.1) is 41.5 Å². The molecule has 1 heterocycles. The summed E-state index contributed by atoms with van der Waals surface area (Å²) in [5.41, 5.74) is 0.294. The average molecular weight is 1340 g/mol. The van der Waals surface area contributed by atoms with Crippen molar-refractivity contribution in [3.63, 3.8) is 0 Å². The minimum Gasteiger partial charge on any atom is -0.505 e. The largest absolute Gasteiger partial charge is 0.505 e. The lowest BCUT2D eigenvalue weighted by Gasteiger charge is -2.15. The van der Waals surface area contributed by atoms with Crippen LogP contribution in [0.3, 0.4) is 0 Å². The molecule has 6 rings (SSSR count). The van der Waals surface area contributed by atoms with Gasteiger partial charge in [0.25, 0.3) is 60.7 Å². The highest BCUT2D eigenvalue weighted by molar-refractivity contribution is 7.87. The average Bonchev–Trinajstić information content (AvgIpc) is 0.977. The van der Waals surface area contributed by atoms with E-state index in [4.69, 9.17) is 38.8 Å². The molecule has 0 aliphatic rings. The number of halogens is 2. The number of aliphatic hydroxyl groups is 1. The van der Waals surface area contributed by atoms with Gasteiger partial charge in [-0.05, 0) is 103 Å². The number of phenols is 1. The van der Waals surface area contributed by atoms with Gasteiger partial charge in [-0.15, -0.1) is 20.5 Å². The lowest BCUT2D eigenvalue weighted by atomic mass is 10.1. The molecule has 5 aromatic carbocycles. The number of guanidine groups is 1. The van der Waals surface area contributed by atoms with E-state index in [0.29, 0.717) is 30.3 Å². The fraction of sp³-hybridized carbons (Fsp3) is 0.167. The van der Waals surface area contributed by atoms with E-state index in [1.54, 1.807) is 6.92 Å². The van der Waals surface area contributed by atoms with Crippen LogP contribution in [0.25, 0.3) is 10.8 Å². The third-order valence-corrected chi connectivity index (χ3v) is 16.0. The van der Waals surface area contributed by atoms with E-state index >= 15 is 0 Å². The van der Waals surface area contributed by atoms with Crippen molar-refractivity contribution in [1.82, 2.24) is 15.0 Å². The molecular weight excluding hydrogens is 1300 g/mol. The highest BCUT2D eigenvalue weighted by Crippen LogP contribution is 2.49. The fourth-order valence-corrected chi connectivity index (χ4v) is 10.9. The van der Waals surface area contributed by atoms with Crippen LogP contribution in [0.5, 0.6) is 5.75 Å². The van der Waals surface area contributed by atoms with Crippen LogP contribution >= 0.6 is 23.2 Å². The van der Waals surface area contributed by atoms with Crippen molar-refractivity contribution >= 4 is 163 Å². The van der Waals surface area contributed by atoms with Crippen molar-refractivity contribution in [2.24, 2.45) is 30.4 Å². The number of nitrogen functional groups attached to an aromatic ring is 1. The Balaban J connectivity index is 1.43. The van der Waals surface area contributed by atoms with Gasteiger partial charge in [-0.2, -0.15) is 70.5 Å². The van der Waals surface area contributed by atoms with E-state index in [1.807, 2.05) is 0 Å². The number of phenolic OH excluding ortho intramolecular Hbond substituents is 1. The minimum atomic E-state index is -5.60. The number of hydrogen-bond donors (Lipinski definition) is 13. The number of nitrogens with zero attached hydrogens (tertiary/aromatic N) is 9. The zero-order valence-electron chi connectivity index (χ0n) is 42.7. The van der Waals surface area contributed by atoms with Crippen molar-refractivity contribution < 1.29 is 92.8 Å². The van der Waals surface area contributed by atoms with Crippen molar-refractivity contribution in [2.75, 3.05) is 53.4 Å². The molecule has 0 unspecified atom stereocenters. The van der Waals surface area contributed by atoms with Crippen LogP contribution in [0.4, 0.5) is 57.4 Å². The first-order valence-electron chi connectivity index (χ1n) is 22.8. The fourth-order valence-electron chi connectivity index (χ4n) is 7.03. The van der Waals surface area contributed by atoms with Crippen LogP contribution in [0.1, 0.15) is 20.3 Å². The van der Waals surface area contributed by atoms with Gasteiger partial charge in [0.15, 0.2) is 5.75 Å². The molecule has 0 saturated heterocycles. The van der Waals surface area contributed by atoms with E-state index < -0.39 is 135 Å². The predicted molar refractivity (Wildman–Crippen MR) is 303 cm³/mol. The summed E-state index contributed by atoms with van der Waals surface area (Å²) in [7, 11) is -31.8. The molecule has 0 atom stereocenters. The molecular formula is C42H42Cl2N14O21S6. The second-order valence-corrected chi connectivity index (χ2v) is 25.8. The van der Waals surface area contributed by atoms with Gasteiger partial charge >= 0.3 is 0 Å². The Kier molecular flexibility index (Phi) is 20.6. The SMILES string of the molecule is CC/C=C(/N=C(\N=C(/C)Cl)Nc1ccc(S(=O)(=O)O)c(Nc2nc(Cl)nc(NCCOCCO)n2)c1)Nc1ccc(S(=O)(=O)O)c(N=Nc2c(S(=O)(=O)O)cc3cc(S(=O)(=O)O)c(/N=N\c4cc(S(=O)(=O)O)ccc4S(=O)(=O)O)c(N)c3c2O)c1. The Morgan fingerprint density at radius 2 is 1.16 bits per heavy atom. The number of rotatable bonds is 23. The zero-order valence-corrected chi connectivity index (χ0v) is 49.1. The lowest BCUT2D eigenvalue weighted by molar-refractivity contribution is 0.0991. The number of nitrogens with one attached hydrogen (secondary N) is 4. The molecule has 1 aromatic heterocycles. The first-order chi connectivity index (χ1) is 39.4. The lowest BCUT2D eigenvalue weighted by Crippen LogP contribution is -2.15. The first kappa shape index (κ1) is 66.5. The Morgan fingerprint density at radius 1 is 0.635 bits per heavy atom. The maximum absolute atomic E-state index is 12.9. The van der Waals surface area contributed by atoms with Crippen LogP contribution in [-0.4, -0.2) is 140 Å². The summed E-state index contributed by atoms with van der Waals surface area (Å²) in [5.74, 6) is -2.24. The van der Waals surface area contributed by atoms with Crippen LogP contribution in [-0.2, 0) is 65.4 Å². The number of aromatic hydroxyl groups is 1. The second-order valence-electron chi connectivity index (χ2n) is 16.5. The van der Waals surface area contributed by atoms with Gasteiger partial charge in [-0.3, -0.25) is 27.3 Å². The van der Waals surface area contributed by atoms with Crippen molar-refractivity contribution in [1.29, 1.82) is 0 Å². The number of aliphatic imine (C=N–C) groups is 2. The van der Waals surface area contributed by atoms with Crippen molar-refractivity contribution in [2.45, 2.75) is 49.6 Å². The summed E-state index contributed by atoms with van der Waals surface area (Å²) in [4.78, 5) is 14.0. The quantitative estimate of drug-likeness (QED) is 0.00844. The molecule has 0 amide bonds. The number of aromatic nitrogens is 3. The van der Waals surface area contributed by atoms with Gasteiger partial charge in [0, 0.05) is 17.9 Å². The molecule has 0 aliphatic heterocycles. The number of ether oxygens (including phenoxy) is 1. The molecule has 0 bridgehead atoms. The van der Waals surface area contributed by atoms with Gasteiger partial charge < -0.3 is 42.0 Å². The summed E-state index contributed by atoms with van der Waals surface area (Å²) in [6, 6.07) is 8.23. The Bertz CT molecular complexity index is 4540. The molecule has 14 N–H and O–H groups in total. The van der Waals surface area contributed by atoms with Gasteiger partial charge in [-0.25, -0.2) is 4.99 Å². The monoisotopic (exact) mass is 1340 g/mol. The topological polar surface area (TPSA) is 563 Å². The molecule has 0 saturated carbocycles. The minimum absolute atomic E-state index is 0.0201. The standard InChI is InChI=1S/C42H42Cl2N14O21S6/c1-3-4-33(51-41(47-20(2)43)49-23-6-8-28(81(64,65)66)25(17-23)50-42-53-39(44)52-40(54-42)46-11-13-79-14-12-59)48-22-5-9-29(82(67,68)69)26(18-22)55-58-37-32(85(76,77)78)16-21-15-31(84(73,74)75)36(35(45)34(21)38(37)60)57-56-27-19-24(80(61,62)63)7-10-30(27)83(70,71)72/h4-10,15-19,48,59-60H,3,11-14,45H2,1-2H3,(H,49,51)(H,61,62,63)(H,64,65,66)(H,67,68,69)(H,70,71,72)(H,73,74,75)(H,76,77,78)(H2,46,50,52,53,54)/b33-4+,47-20+,57-56-,58-55?. The van der Waals surface area contributed by atoms with Gasteiger partial charge in [0.1, 0.15) is 58.2 Å². The number of anilines is 6. The van der Waals surface area contributed by atoms with E-state index in [0.717, 1.165) is 30.3 Å². The third kappa shape index (κ3) is 17.5. The maximum atomic E-state index is 12.9. The highest BCUT2D eigenvalue weighted by atomic mass is 35.5. The summed E-state index contributed by atoms with van der Waals surface area (Å²) in [6.07, 6.45) is 1.66. The van der Waals surface area contributed by atoms with Crippen LogP contribution < -0.4 is 27.0 Å². The second kappa shape index (κ2) is 26.4. The molecule has 35 nitrogen and oxygen atoms in total. The molecule has 0 fully saturated rings.